The fourth-order valence-electron chi connectivity index (χ4n) is 2.55. The maximum Gasteiger partial charge on any atom is 0.241 e. The van der Waals surface area contributed by atoms with Crippen molar-refractivity contribution in [3.63, 3.8) is 0 Å². The normalized spacial score (nSPS) is 16.8. The lowest BCUT2D eigenvalue weighted by molar-refractivity contribution is -0.122. The van der Waals surface area contributed by atoms with Crippen molar-refractivity contribution < 1.29 is 22.7 Å². The third-order valence-corrected chi connectivity index (χ3v) is 5.56. The van der Waals surface area contributed by atoms with Crippen LogP contribution in [0.3, 0.4) is 0 Å². The molecule has 2 rings (SSSR count). The largest absolute Gasteiger partial charge is 0.494 e. The molecule has 0 unspecified atom stereocenters. The van der Waals surface area contributed by atoms with Crippen molar-refractivity contribution in [1.82, 2.24) is 14.9 Å². The minimum Gasteiger partial charge on any atom is -0.494 e. The van der Waals surface area contributed by atoms with E-state index < -0.39 is 16.1 Å². The van der Waals surface area contributed by atoms with Gasteiger partial charge in [0, 0.05) is 26.2 Å². The van der Waals surface area contributed by atoms with Gasteiger partial charge in [0.25, 0.3) is 0 Å². The molecule has 26 heavy (non-hydrogen) atoms. The monoisotopic (exact) mass is 385 g/mol. The number of carbonyl (C=O) groups excluding carboxylic acids is 1. The van der Waals surface area contributed by atoms with Crippen LogP contribution >= 0.6 is 0 Å². The minimum absolute atomic E-state index is 0.0916. The molecule has 0 aliphatic carbocycles. The van der Waals surface area contributed by atoms with E-state index >= 15 is 0 Å². The van der Waals surface area contributed by atoms with Crippen LogP contribution in [0.5, 0.6) is 5.75 Å². The molecule has 8 nitrogen and oxygen atoms in total. The zero-order valence-electron chi connectivity index (χ0n) is 15.2. The second-order valence-corrected chi connectivity index (χ2v) is 7.71. The highest BCUT2D eigenvalue weighted by molar-refractivity contribution is 7.89. The van der Waals surface area contributed by atoms with Crippen molar-refractivity contribution in [1.29, 1.82) is 0 Å². The molecule has 1 atom stereocenters. The van der Waals surface area contributed by atoms with Crippen LogP contribution in [0.15, 0.2) is 29.2 Å². The Morgan fingerprint density at radius 1 is 1.27 bits per heavy atom. The lowest BCUT2D eigenvalue weighted by Crippen LogP contribution is -2.47. The Balaban J connectivity index is 1.82. The number of ether oxygens (including phenoxy) is 2. The molecule has 1 aliphatic heterocycles. The summed E-state index contributed by atoms with van der Waals surface area (Å²) in [6.45, 7) is 8.15. The predicted molar refractivity (Wildman–Crippen MR) is 97.7 cm³/mol. The van der Waals surface area contributed by atoms with Gasteiger partial charge in [0.15, 0.2) is 0 Å². The Morgan fingerprint density at radius 3 is 2.54 bits per heavy atom. The van der Waals surface area contributed by atoms with E-state index in [0.29, 0.717) is 38.7 Å². The number of amides is 1. The van der Waals surface area contributed by atoms with Crippen LogP contribution in [0.4, 0.5) is 0 Å². The Kier molecular flexibility index (Phi) is 7.83. The highest BCUT2D eigenvalue weighted by Crippen LogP contribution is 2.16. The van der Waals surface area contributed by atoms with E-state index in [1.54, 1.807) is 12.1 Å². The van der Waals surface area contributed by atoms with Gasteiger partial charge in [-0.25, -0.2) is 8.42 Å². The van der Waals surface area contributed by atoms with Crippen LogP contribution in [0, 0.1) is 0 Å². The molecule has 2 N–H and O–H groups in total. The van der Waals surface area contributed by atoms with Gasteiger partial charge in [-0.15, -0.1) is 0 Å². The molecule has 0 radical (unpaired) electrons. The first kappa shape index (κ1) is 20.6. The molecule has 1 saturated heterocycles. The fourth-order valence-corrected chi connectivity index (χ4v) is 3.75. The summed E-state index contributed by atoms with van der Waals surface area (Å²) >= 11 is 0. The number of rotatable bonds is 9. The van der Waals surface area contributed by atoms with E-state index in [4.69, 9.17) is 9.47 Å². The number of hydrogen-bond donors (Lipinski definition) is 2. The van der Waals surface area contributed by atoms with Crippen LogP contribution < -0.4 is 14.8 Å². The van der Waals surface area contributed by atoms with E-state index in [0.717, 1.165) is 13.1 Å². The Hall–Kier alpha value is -1.68. The van der Waals surface area contributed by atoms with Crippen LogP contribution in [-0.4, -0.2) is 71.3 Å². The lowest BCUT2D eigenvalue weighted by Gasteiger charge is -2.26. The van der Waals surface area contributed by atoms with Crippen molar-refractivity contribution in [2.75, 3.05) is 46.0 Å². The summed E-state index contributed by atoms with van der Waals surface area (Å²) in [5.41, 5.74) is 0. The van der Waals surface area contributed by atoms with Gasteiger partial charge in [0.05, 0.1) is 30.8 Å². The fraction of sp³-hybridized carbons (Fsp3) is 0.588. The molecular weight excluding hydrogens is 358 g/mol. The summed E-state index contributed by atoms with van der Waals surface area (Å²) in [5.74, 6) is 0.244. The van der Waals surface area contributed by atoms with E-state index in [9.17, 15) is 13.2 Å². The number of nitrogens with zero attached hydrogens (tertiary/aromatic N) is 1. The van der Waals surface area contributed by atoms with Crippen LogP contribution in [0.2, 0.25) is 0 Å². The molecule has 1 heterocycles. The van der Waals surface area contributed by atoms with Crippen molar-refractivity contribution in [2.45, 2.75) is 24.8 Å². The number of nitrogens with one attached hydrogen (secondary N) is 2. The number of hydrogen-bond acceptors (Lipinski definition) is 6. The zero-order valence-corrected chi connectivity index (χ0v) is 16.0. The third-order valence-electron chi connectivity index (χ3n) is 4.00. The maximum absolute atomic E-state index is 12.4. The van der Waals surface area contributed by atoms with Gasteiger partial charge in [0.2, 0.25) is 15.9 Å². The summed E-state index contributed by atoms with van der Waals surface area (Å²) in [6.07, 6.45) is 0. The molecule has 1 aromatic rings. The average Bonchev–Trinajstić information content (AvgIpc) is 2.63. The van der Waals surface area contributed by atoms with Crippen LogP contribution in [0.1, 0.15) is 13.8 Å². The molecule has 0 spiro atoms. The van der Waals surface area contributed by atoms with Crippen LogP contribution in [-0.2, 0) is 19.6 Å². The molecule has 0 aromatic heterocycles. The quantitative estimate of drug-likeness (QED) is 0.630. The van der Waals surface area contributed by atoms with Crippen molar-refractivity contribution in [3.8, 4) is 5.75 Å². The Morgan fingerprint density at radius 2 is 1.92 bits per heavy atom. The Labute approximate surface area is 154 Å². The van der Waals surface area contributed by atoms with Gasteiger partial charge in [0.1, 0.15) is 5.75 Å². The highest BCUT2D eigenvalue weighted by Gasteiger charge is 2.22. The maximum atomic E-state index is 12.4. The predicted octanol–water partition coefficient (Wildman–Crippen LogP) is 0.201. The highest BCUT2D eigenvalue weighted by atomic mass is 32.2. The van der Waals surface area contributed by atoms with Gasteiger partial charge < -0.3 is 14.8 Å². The van der Waals surface area contributed by atoms with E-state index in [1.165, 1.54) is 19.1 Å². The standard InChI is InChI=1S/C17H27N3O5S/c1-3-25-15-4-6-16(7-5-15)26(22,23)19-14(2)17(21)18-8-9-20-10-12-24-13-11-20/h4-7,14,19H,3,8-13H2,1-2H3,(H,18,21)/t14-/m0/s1. The number of sulfonamides is 1. The van der Waals surface area contributed by atoms with E-state index in [-0.39, 0.29) is 10.8 Å². The molecule has 1 fully saturated rings. The second-order valence-electron chi connectivity index (χ2n) is 5.99. The van der Waals surface area contributed by atoms with Crippen molar-refractivity contribution in [2.24, 2.45) is 0 Å². The smallest absolute Gasteiger partial charge is 0.241 e. The van der Waals surface area contributed by atoms with Crippen LogP contribution in [0.25, 0.3) is 0 Å². The number of morpholine rings is 1. The molecule has 9 heteroatoms. The first-order valence-corrected chi connectivity index (χ1v) is 10.2. The first-order valence-electron chi connectivity index (χ1n) is 8.75. The topological polar surface area (TPSA) is 97.0 Å². The lowest BCUT2D eigenvalue weighted by atomic mass is 10.3. The molecule has 0 bridgehead atoms. The molecular formula is C17H27N3O5S. The summed E-state index contributed by atoms with van der Waals surface area (Å²) in [4.78, 5) is 14.4. The minimum atomic E-state index is -3.78. The number of carbonyl (C=O) groups is 1. The zero-order chi connectivity index (χ0) is 19.0. The van der Waals surface area contributed by atoms with E-state index in [1.807, 2.05) is 6.92 Å². The van der Waals surface area contributed by atoms with Gasteiger partial charge in [-0.05, 0) is 38.1 Å². The van der Waals surface area contributed by atoms with Gasteiger partial charge in [-0.1, -0.05) is 0 Å². The average molecular weight is 385 g/mol. The van der Waals surface area contributed by atoms with Gasteiger partial charge >= 0.3 is 0 Å². The summed E-state index contributed by atoms with van der Waals surface area (Å²) in [6, 6.07) is 5.22. The molecule has 146 valence electrons. The van der Waals surface area contributed by atoms with Gasteiger partial charge in [-0.2, -0.15) is 4.72 Å². The third kappa shape index (κ3) is 6.24. The molecule has 0 saturated carbocycles. The summed E-state index contributed by atoms with van der Waals surface area (Å²) in [5, 5.41) is 2.76. The first-order chi connectivity index (χ1) is 12.4. The second kappa shape index (κ2) is 9.86. The molecule has 1 aliphatic rings. The molecule has 1 aromatic carbocycles. The van der Waals surface area contributed by atoms with Gasteiger partial charge in [-0.3, -0.25) is 9.69 Å². The summed E-state index contributed by atoms with van der Waals surface area (Å²) < 4.78 is 37.7. The number of benzene rings is 1. The molecule has 1 amide bonds. The van der Waals surface area contributed by atoms with Crippen molar-refractivity contribution >= 4 is 15.9 Å². The van der Waals surface area contributed by atoms with Crippen molar-refractivity contribution in [3.05, 3.63) is 24.3 Å². The van der Waals surface area contributed by atoms with E-state index in [2.05, 4.69) is 14.9 Å². The Bertz CT molecular complexity index is 672. The summed E-state index contributed by atoms with van der Waals surface area (Å²) in [7, 11) is -3.78. The SMILES string of the molecule is CCOc1ccc(S(=O)(=O)N[C@@H](C)C(=O)NCCN2CCOCC2)cc1.